The van der Waals surface area contributed by atoms with Gasteiger partial charge in [-0.1, -0.05) is 54.8 Å². The van der Waals surface area contributed by atoms with Gasteiger partial charge in [0.2, 0.25) is 5.91 Å². The van der Waals surface area contributed by atoms with Crippen molar-refractivity contribution in [2.45, 2.75) is 37.1 Å². The Morgan fingerprint density at radius 1 is 0.933 bits per heavy atom. The first-order valence-electron chi connectivity index (χ1n) is 10.3. The molecule has 1 saturated heterocycles. The highest BCUT2D eigenvalue weighted by Crippen LogP contribution is 2.27. The Hall–Kier alpha value is -2.31. The van der Waals surface area contributed by atoms with E-state index in [2.05, 4.69) is 0 Å². The predicted molar refractivity (Wildman–Crippen MR) is 120 cm³/mol. The first kappa shape index (κ1) is 20.9. The van der Waals surface area contributed by atoms with Crippen LogP contribution < -0.4 is 0 Å². The largest absolute Gasteiger partial charge is 0.342 e. The Bertz CT molecular complexity index is 1140. The van der Waals surface area contributed by atoms with Gasteiger partial charge in [0.1, 0.15) is 5.75 Å². The smallest absolute Gasteiger partial charge is 0.238 e. The third-order valence-electron chi connectivity index (χ3n) is 5.63. The van der Waals surface area contributed by atoms with Gasteiger partial charge in [0.25, 0.3) is 0 Å². The Morgan fingerprint density at radius 3 is 2.30 bits per heavy atom. The fraction of sp³-hybridized carbons (Fsp3) is 0.348. The van der Waals surface area contributed by atoms with Crippen molar-refractivity contribution >= 4 is 38.2 Å². The second-order valence-corrected chi connectivity index (χ2v) is 10.2. The monoisotopic (exact) mass is 444 g/mol. The Kier molecular flexibility index (Phi) is 6.16. The number of amides is 1. The van der Waals surface area contributed by atoms with Crippen LogP contribution >= 0.6 is 11.6 Å². The van der Waals surface area contributed by atoms with Crippen LogP contribution in [-0.4, -0.2) is 42.6 Å². The molecule has 2 aromatic carbocycles. The fourth-order valence-electron chi connectivity index (χ4n) is 4.03. The number of rotatable bonds is 5. The van der Waals surface area contributed by atoms with Crippen LogP contribution in [0.1, 0.15) is 31.2 Å². The number of sulfone groups is 1. The average molecular weight is 445 g/mol. The van der Waals surface area contributed by atoms with E-state index in [1.165, 1.54) is 0 Å². The molecule has 2 heterocycles. The summed E-state index contributed by atoms with van der Waals surface area (Å²) in [6.07, 6.45) is 5.71. The molecule has 0 saturated carbocycles. The van der Waals surface area contributed by atoms with E-state index in [0.717, 1.165) is 36.8 Å². The maximum atomic E-state index is 13.2. The highest BCUT2D eigenvalue weighted by molar-refractivity contribution is 7.92. The highest BCUT2D eigenvalue weighted by Gasteiger charge is 2.27. The van der Waals surface area contributed by atoms with Gasteiger partial charge in [-0.25, -0.2) is 8.42 Å². The quantitative estimate of drug-likeness (QED) is 0.581. The summed E-state index contributed by atoms with van der Waals surface area (Å²) in [7, 11) is -3.76. The number of fused-ring (bicyclic) bond motifs is 1. The molecule has 1 aromatic heterocycles. The van der Waals surface area contributed by atoms with Crippen LogP contribution in [0.25, 0.3) is 10.9 Å². The van der Waals surface area contributed by atoms with E-state index in [9.17, 15) is 13.2 Å². The van der Waals surface area contributed by atoms with E-state index in [-0.39, 0.29) is 10.8 Å². The number of hydrogen-bond acceptors (Lipinski definition) is 3. The van der Waals surface area contributed by atoms with Gasteiger partial charge in [0.05, 0.1) is 4.90 Å². The molecule has 0 unspecified atom stereocenters. The first-order chi connectivity index (χ1) is 14.4. The lowest BCUT2D eigenvalue weighted by atomic mass is 10.2. The van der Waals surface area contributed by atoms with Crippen LogP contribution in [0, 0.1) is 0 Å². The van der Waals surface area contributed by atoms with Crippen LogP contribution in [0.5, 0.6) is 0 Å². The topological polar surface area (TPSA) is 59.4 Å². The van der Waals surface area contributed by atoms with Crippen molar-refractivity contribution in [2.24, 2.45) is 0 Å². The summed E-state index contributed by atoms with van der Waals surface area (Å²) in [5.41, 5.74) is 1.85. The Labute approximate surface area is 182 Å². The van der Waals surface area contributed by atoms with Gasteiger partial charge in [0, 0.05) is 41.8 Å². The summed E-state index contributed by atoms with van der Waals surface area (Å²) in [5.74, 6) is -0.784. The third kappa shape index (κ3) is 4.55. The maximum absolute atomic E-state index is 13.2. The molecule has 1 aliphatic heterocycles. The summed E-state index contributed by atoms with van der Waals surface area (Å²) < 4.78 is 28.4. The number of likely N-dealkylation sites (tertiary alicyclic amines) is 1. The van der Waals surface area contributed by atoms with Crippen LogP contribution in [0.15, 0.2) is 59.6 Å². The molecule has 0 radical (unpaired) electrons. The molecule has 3 aromatic rings. The molecule has 1 fully saturated rings. The van der Waals surface area contributed by atoms with Gasteiger partial charge in [-0.05, 0) is 36.6 Å². The molecule has 7 heteroatoms. The third-order valence-corrected chi connectivity index (χ3v) is 7.50. The number of benzene rings is 2. The zero-order valence-electron chi connectivity index (χ0n) is 16.8. The zero-order valence-corrected chi connectivity index (χ0v) is 18.3. The minimum Gasteiger partial charge on any atom is -0.342 e. The van der Waals surface area contributed by atoms with Crippen molar-refractivity contribution in [1.82, 2.24) is 9.47 Å². The van der Waals surface area contributed by atoms with E-state index in [4.69, 9.17) is 11.6 Å². The van der Waals surface area contributed by atoms with Crippen LogP contribution in [0.4, 0.5) is 0 Å². The number of nitrogens with zero attached hydrogens (tertiary/aromatic N) is 2. The van der Waals surface area contributed by atoms with Gasteiger partial charge in [0.15, 0.2) is 9.84 Å². The summed E-state index contributed by atoms with van der Waals surface area (Å²) in [6, 6.07) is 14.9. The van der Waals surface area contributed by atoms with Crippen molar-refractivity contribution in [3.05, 3.63) is 65.3 Å². The fourth-order valence-corrected chi connectivity index (χ4v) is 5.61. The summed E-state index contributed by atoms with van der Waals surface area (Å²) in [4.78, 5) is 14.7. The zero-order chi connectivity index (χ0) is 21.1. The number of carbonyl (C=O) groups is 1. The lowest BCUT2D eigenvalue weighted by Gasteiger charge is -2.20. The molecule has 0 atom stereocenters. The minimum atomic E-state index is -3.76. The van der Waals surface area contributed by atoms with Crippen LogP contribution in [0.3, 0.4) is 0 Å². The molecular weight excluding hydrogens is 420 g/mol. The molecular formula is C23H25ClN2O3S. The number of para-hydroxylation sites is 1. The van der Waals surface area contributed by atoms with Crippen molar-refractivity contribution < 1.29 is 13.2 Å². The van der Waals surface area contributed by atoms with E-state index in [1.54, 1.807) is 17.2 Å². The van der Waals surface area contributed by atoms with Gasteiger partial charge in [-0.2, -0.15) is 0 Å². The van der Waals surface area contributed by atoms with Gasteiger partial charge < -0.3 is 9.47 Å². The van der Waals surface area contributed by atoms with E-state index in [1.807, 2.05) is 47.0 Å². The lowest BCUT2D eigenvalue weighted by Crippen LogP contribution is -2.36. The van der Waals surface area contributed by atoms with E-state index < -0.39 is 15.6 Å². The van der Waals surface area contributed by atoms with Crippen molar-refractivity contribution in [2.75, 3.05) is 18.8 Å². The number of hydrogen-bond donors (Lipinski definition) is 0. The molecule has 4 rings (SSSR count). The summed E-state index contributed by atoms with van der Waals surface area (Å²) in [6.45, 7) is 1.81. The number of aromatic nitrogens is 1. The molecule has 30 heavy (non-hydrogen) atoms. The van der Waals surface area contributed by atoms with E-state index in [0.29, 0.717) is 30.0 Å². The second-order valence-electron chi connectivity index (χ2n) is 7.82. The predicted octanol–water partition coefficient (Wildman–Crippen LogP) is 4.52. The molecule has 1 aliphatic rings. The average Bonchev–Trinajstić information content (AvgIpc) is 2.90. The Morgan fingerprint density at radius 2 is 1.60 bits per heavy atom. The summed E-state index contributed by atoms with van der Waals surface area (Å²) >= 11 is 5.97. The highest BCUT2D eigenvalue weighted by atomic mass is 35.5. The Balaban J connectivity index is 1.64. The second kappa shape index (κ2) is 8.82. The molecule has 5 nitrogen and oxygen atoms in total. The van der Waals surface area contributed by atoms with Crippen LogP contribution in [0.2, 0.25) is 5.02 Å². The molecule has 0 spiro atoms. The van der Waals surface area contributed by atoms with Crippen LogP contribution in [-0.2, 0) is 21.2 Å². The SMILES string of the molecule is O=C(CS(=O)(=O)c1cn(Cc2ccc(Cl)cc2)c2ccccc12)N1CCCCCC1. The van der Waals surface area contributed by atoms with Gasteiger partial charge in [-0.3, -0.25) is 4.79 Å². The van der Waals surface area contributed by atoms with Crippen molar-refractivity contribution in [3.8, 4) is 0 Å². The standard InChI is InChI=1S/C23H25ClN2O3S/c24-19-11-9-18(10-12-19)15-26-16-22(20-7-3-4-8-21(20)26)30(28,29)17-23(27)25-13-5-1-2-6-14-25/h3-4,7-12,16H,1-2,5-6,13-15,17H2. The first-order valence-corrected chi connectivity index (χ1v) is 12.3. The maximum Gasteiger partial charge on any atom is 0.238 e. The van der Waals surface area contributed by atoms with Crippen molar-refractivity contribution in [3.63, 3.8) is 0 Å². The van der Waals surface area contributed by atoms with E-state index >= 15 is 0 Å². The molecule has 0 aliphatic carbocycles. The normalized spacial score (nSPS) is 15.3. The number of carbonyl (C=O) groups excluding carboxylic acids is 1. The van der Waals surface area contributed by atoms with Gasteiger partial charge >= 0.3 is 0 Å². The summed E-state index contributed by atoms with van der Waals surface area (Å²) in [5, 5.41) is 1.31. The molecule has 1 amide bonds. The number of halogens is 1. The minimum absolute atomic E-state index is 0.218. The molecule has 0 bridgehead atoms. The van der Waals surface area contributed by atoms with Crippen molar-refractivity contribution in [1.29, 1.82) is 0 Å². The van der Waals surface area contributed by atoms with Gasteiger partial charge in [-0.15, -0.1) is 0 Å². The molecule has 0 N–H and O–H groups in total. The molecule has 158 valence electrons. The lowest BCUT2D eigenvalue weighted by molar-refractivity contribution is -0.128.